The van der Waals surface area contributed by atoms with Gasteiger partial charge in [0.05, 0.1) is 24.0 Å². The zero-order valence-electron chi connectivity index (χ0n) is 16.6. The van der Waals surface area contributed by atoms with Gasteiger partial charge < -0.3 is 5.32 Å². The molecule has 140 valence electrons. The molecular weight excluding hydrogens is 349 g/mol. The minimum Gasteiger partial charge on any atom is -0.310 e. The van der Waals surface area contributed by atoms with Gasteiger partial charge in [0.2, 0.25) is 5.91 Å². The number of anilines is 1. The van der Waals surface area contributed by atoms with Crippen molar-refractivity contribution in [2.45, 2.75) is 18.1 Å². The maximum absolute atomic E-state index is 12.3. The van der Waals surface area contributed by atoms with Gasteiger partial charge >= 0.3 is 0 Å². The van der Waals surface area contributed by atoms with Crippen LogP contribution >= 0.6 is 0 Å². The van der Waals surface area contributed by atoms with Crippen molar-refractivity contribution < 1.29 is 4.79 Å². The lowest BCUT2D eigenvalue weighted by molar-refractivity contribution is -0.117. The van der Waals surface area contributed by atoms with Gasteiger partial charge in [0.1, 0.15) is 29.4 Å². The van der Waals surface area contributed by atoms with Crippen LogP contribution in [0.3, 0.4) is 0 Å². The average molecular weight is 372 g/mol. The van der Waals surface area contributed by atoms with E-state index in [-0.39, 0.29) is 11.1 Å². The molecular formula is C18H23B3N6O. The Morgan fingerprint density at radius 3 is 2.68 bits per heavy atom. The molecule has 0 bridgehead atoms. The number of nitrogens with zero attached hydrogens (tertiary/aromatic N) is 5. The van der Waals surface area contributed by atoms with Gasteiger partial charge in [-0.2, -0.15) is 5.10 Å². The Labute approximate surface area is 167 Å². The Hall–Kier alpha value is -2.61. The molecule has 4 rings (SSSR count). The zero-order valence-corrected chi connectivity index (χ0v) is 16.6. The topological polar surface area (TPSA) is 75.9 Å². The third-order valence-corrected chi connectivity index (χ3v) is 4.97. The molecule has 0 spiro atoms. The number of fused-ring (bicyclic) bond motifs is 1. The van der Waals surface area contributed by atoms with Gasteiger partial charge in [-0.05, 0) is 43.3 Å². The summed E-state index contributed by atoms with van der Waals surface area (Å²) in [6, 6.07) is 5.80. The van der Waals surface area contributed by atoms with Crippen molar-refractivity contribution in [1.82, 2.24) is 24.6 Å². The molecule has 3 aromatic rings. The molecule has 7 nitrogen and oxygen atoms in total. The number of carbonyl (C=O) groups is 1. The number of nitrogens with one attached hydrogen (secondary N) is 1. The van der Waals surface area contributed by atoms with Gasteiger partial charge in [-0.15, -0.1) is 0 Å². The lowest BCUT2D eigenvalue weighted by atomic mass is 9.49. The van der Waals surface area contributed by atoms with Crippen molar-refractivity contribution in [3.63, 3.8) is 0 Å². The van der Waals surface area contributed by atoms with Crippen LogP contribution in [0.1, 0.15) is 12.8 Å². The molecule has 1 N–H and O–H groups in total. The molecule has 0 aromatic carbocycles. The van der Waals surface area contributed by atoms with E-state index in [1.165, 1.54) is 12.8 Å². The normalized spacial score (nSPS) is 15.1. The Morgan fingerprint density at radius 2 is 1.96 bits per heavy atom. The molecule has 0 unspecified atom stereocenters. The largest absolute Gasteiger partial charge is 0.310 e. The van der Waals surface area contributed by atoms with Gasteiger partial charge in [-0.25, -0.2) is 9.97 Å². The van der Waals surface area contributed by atoms with Gasteiger partial charge in [0.25, 0.3) is 0 Å². The van der Waals surface area contributed by atoms with E-state index in [1.54, 1.807) is 6.20 Å². The summed E-state index contributed by atoms with van der Waals surface area (Å²) in [7, 11) is 6.33. The summed E-state index contributed by atoms with van der Waals surface area (Å²) < 4.78 is 1.94. The minimum atomic E-state index is -0.0776. The molecule has 1 saturated heterocycles. The summed E-state index contributed by atoms with van der Waals surface area (Å²) in [4.78, 5) is 23.5. The Morgan fingerprint density at radius 1 is 1.18 bits per heavy atom. The SMILES string of the molecule is BC(B)(B)n1cc(-c2ccc3cnc(NC(=O)CN4CCCC4)cc3n2)cn1. The van der Waals surface area contributed by atoms with Gasteiger partial charge in [0, 0.05) is 29.4 Å². The smallest absolute Gasteiger partial charge is 0.239 e. The maximum Gasteiger partial charge on any atom is 0.239 e. The molecule has 0 radical (unpaired) electrons. The van der Waals surface area contributed by atoms with E-state index in [9.17, 15) is 4.79 Å². The fraction of sp³-hybridized carbons (Fsp3) is 0.333. The predicted molar refractivity (Wildman–Crippen MR) is 119 cm³/mol. The summed E-state index contributed by atoms with van der Waals surface area (Å²) in [5.74, 6) is 0.503. The van der Waals surface area contributed by atoms with E-state index < -0.39 is 0 Å². The number of rotatable bonds is 5. The van der Waals surface area contributed by atoms with Crippen LogP contribution in [0.4, 0.5) is 5.82 Å². The molecule has 0 saturated carbocycles. The highest BCUT2D eigenvalue weighted by atomic mass is 16.2. The van der Waals surface area contributed by atoms with E-state index in [4.69, 9.17) is 4.98 Å². The molecule has 1 aliphatic heterocycles. The van der Waals surface area contributed by atoms with Crippen LogP contribution < -0.4 is 5.32 Å². The number of hydrogen-bond donors (Lipinski definition) is 1. The monoisotopic (exact) mass is 372 g/mol. The molecule has 0 aliphatic carbocycles. The van der Waals surface area contributed by atoms with Crippen molar-refractivity contribution >= 4 is 46.2 Å². The number of likely N-dealkylation sites (tertiary alicyclic amines) is 1. The highest BCUT2D eigenvalue weighted by Crippen LogP contribution is 2.22. The molecule has 3 aromatic heterocycles. The average Bonchev–Trinajstić information content (AvgIpc) is 3.32. The van der Waals surface area contributed by atoms with Crippen LogP contribution in [0, 0.1) is 0 Å². The first-order valence-corrected chi connectivity index (χ1v) is 9.73. The van der Waals surface area contributed by atoms with E-state index in [0.29, 0.717) is 12.4 Å². The summed E-state index contributed by atoms with van der Waals surface area (Å²) in [6.07, 6.45) is 7.92. The Bertz CT molecular complexity index is 1010. The second-order valence-corrected chi connectivity index (χ2v) is 8.33. The third-order valence-electron chi connectivity index (χ3n) is 4.97. The van der Waals surface area contributed by atoms with Gasteiger partial charge in [-0.3, -0.25) is 14.4 Å². The maximum atomic E-state index is 12.3. The van der Waals surface area contributed by atoms with Crippen molar-refractivity contribution in [1.29, 1.82) is 0 Å². The Balaban J connectivity index is 1.55. The lowest BCUT2D eigenvalue weighted by Gasteiger charge is -2.18. The van der Waals surface area contributed by atoms with Crippen molar-refractivity contribution in [2.75, 3.05) is 25.0 Å². The van der Waals surface area contributed by atoms with Crippen LogP contribution in [0.2, 0.25) is 0 Å². The van der Waals surface area contributed by atoms with Crippen LogP contribution in [-0.4, -0.2) is 73.7 Å². The molecule has 10 heteroatoms. The van der Waals surface area contributed by atoms with Crippen LogP contribution in [-0.2, 0) is 10.0 Å². The van der Waals surface area contributed by atoms with Crippen LogP contribution in [0.25, 0.3) is 22.2 Å². The number of pyridine rings is 2. The predicted octanol–water partition coefficient (Wildman–Crippen LogP) is -1.01. The second kappa shape index (κ2) is 7.43. The summed E-state index contributed by atoms with van der Waals surface area (Å²) in [6.45, 7) is 2.40. The standard InChI is InChI=1S/C18H23B3N6O/c19-18(20,21)27-10-13(9-23-27)14-4-3-12-8-22-16(7-15(12)24-14)25-17(28)11-26-5-1-2-6-26/h3-4,7-10H,1-2,5-6,11,19-21H2,(H,22,25,28). The number of amides is 1. The lowest BCUT2D eigenvalue weighted by Crippen LogP contribution is -2.35. The molecule has 1 aliphatic rings. The molecule has 28 heavy (non-hydrogen) atoms. The third kappa shape index (κ3) is 4.12. The van der Waals surface area contributed by atoms with Crippen LogP contribution in [0.5, 0.6) is 0 Å². The van der Waals surface area contributed by atoms with E-state index in [0.717, 1.165) is 35.2 Å². The quantitative estimate of drug-likeness (QED) is 0.582. The van der Waals surface area contributed by atoms with E-state index in [2.05, 4.69) is 43.8 Å². The summed E-state index contributed by atoms with van der Waals surface area (Å²) in [5.41, 5.74) is 2.62. The van der Waals surface area contributed by atoms with Crippen molar-refractivity contribution in [3.05, 3.63) is 36.8 Å². The first-order valence-electron chi connectivity index (χ1n) is 9.73. The minimum absolute atomic E-state index is 0.0311. The number of aromatic nitrogens is 4. The fourth-order valence-electron chi connectivity index (χ4n) is 3.39. The molecule has 4 heterocycles. The molecule has 0 atom stereocenters. The highest BCUT2D eigenvalue weighted by molar-refractivity contribution is 6.56. The van der Waals surface area contributed by atoms with E-state index >= 15 is 0 Å². The summed E-state index contributed by atoms with van der Waals surface area (Å²) in [5, 5.41) is 8.21. The Kier molecular flexibility index (Phi) is 4.97. The fourth-order valence-corrected chi connectivity index (χ4v) is 3.39. The summed E-state index contributed by atoms with van der Waals surface area (Å²) >= 11 is 0. The number of hydrogen-bond acceptors (Lipinski definition) is 5. The second-order valence-electron chi connectivity index (χ2n) is 8.33. The molecule has 1 fully saturated rings. The van der Waals surface area contributed by atoms with Gasteiger partial charge in [-0.1, -0.05) is 0 Å². The highest BCUT2D eigenvalue weighted by Gasteiger charge is 2.17. The van der Waals surface area contributed by atoms with E-state index in [1.807, 2.05) is 35.3 Å². The first kappa shape index (κ1) is 18.7. The number of carbonyl (C=O) groups excluding carboxylic acids is 1. The van der Waals surface area contributed by atoms with Crippen molar-refractivity contribution in [3.8, 4) is 11.3 Å². The van der Waals surface area contributed by atoms with Crippen molar-refractivity contribution in [2.24, 2.45) is 0 Å². The van der Waals surface area contributed by atoms with Gasteiger partial charge in [0.15, 0.2) is 0 Å². The molecule has 1 amide bonds. The first-order chi connectivity index (χ1) is 13.4. The van der Waals surface area contributed by atoms with Crippen LogP contribution in [0.15, 0.2) is 36.8 Å². The zero-order chi connectivity index (χ0) is 19.7.